The number of nitrogens with one attached hydrogen (secondary N) is 1. The molecule has 3 rings (SSSR count). The van der Waals surface area contributed by atoms with E-state index in [9.17, 15) is 4.79 Å². The van der Waals surface area contributed by atoms with Crippen molar-refractivity contribution in [2.24, 2.45) is 0 Å². The number of likely N-dealkylation sites (N-methyl/N-ethyl adjacent to an activating group) is 1. The second-order valence-electron chi connectivity index (χ2n) is 5.11. The number of nitrogens with zero attached hydrogens (tertiary/aromatic N) is 4. The molecular formula is C15H19N5O. The number of carbonyl (C=O) groups is 1. The third-order valence-corrected chi connectivity index (χ3v) is 3.95. The van der Waals surface area contributed by atoms with Crippen LogP contribution in [-0.4, -0.2) is 56.8 Å². The summed E-state index contributed by atoms with van der Waals surface area (Å²) in [6, 6.07) is 3.65. The van der Waals surface area contributed by atoms with Gasteiger partial charge in [0.25, 0.3) is 5.91 Å². The molecule has 6 nitrogen and oxygen atoms in total. The molecule has 6 heteroatoms. The van der Waals surface area contributed by atoms with E-state index < -0.39 is 0 Å². The summed E-state index contributed by atoms with van der Waals surface area (Å²) in [6.07, 6.45) is 6.89. The Kier molecular flexibility index (Phi) is 3.96. The van der Waals surface area contributed by atoms with Crippen LogP contribution in [0.4, 0.5) is 0 Å². The Hall–Kier alpha value is -2.21. The number of piperazine rings is 1. The molecule has 1 amide bonds. The maximum absolute atomic E-state index is 12.6. The highest BCUT2D eigenvalue weighted by molar-refractivity contribution is 5.94. The van der Waals surface area contributed by atoms with Gasteiger partial charge in [-0.1, -0.05) is 6.92 Å². The third-order valence-electron chi connectivity index (χ3n) is 3.95. The molecule has 0 aliphatic carbocycles. The highest BCUT2D eigenvalue weighted by Crippen LogP contribution is 2.23. The minimum absolute atomic E-state index is 0.0599. The second-order valence-corrected chi connectivity index (χ2v) is 5.11. The van der Waals surface area contributed by atoms with Crippen molar-refractivity contribution >= 4 is 5.91 Å². The Bertz CT molecular complexity index is 583. The number of H-pyrrole nitrogens is 1. The molecule has 110 valence electrons. The smallest absolute Gasteiger partial charge is 0.254 e. The SMILES string of the molecule is CCN1CCN(C(=O)c2ccncc2)CC1c1ncc[nH]1. The predicted octanol–water partition coefficient (Wildman–Crippen LogP) is 1.32. The topological polar surface area (TPSA) is 65.1 Å². The van der Waals surface area contributed by atoms with Crippen molar-refractivity contribution in [1.29, 1.82) is 0 Å². The van der Waals surface area contributed by atoms with Crippen LogP contribution in [0.5, 0.6) is 0 Å². The van der Waals surface area contributed by atoms with Gasteiger partial charge < -0.3 is 9.88 Å². The van der Waals surface area contributed by atoms with Crippen molar-refractivity contribution in [2.75, 3.05) is 26.2 Å². The number of aromatic nitrogens is 3. The van der Waals surface area contributed by atoms with Gasteiger partial charge in [0, 0.05) is 50.0 Å². The van der Waals surface area contributed by atoms with Crippen LogP contribution in [0, 0.1) is 0 Å². The van der Waals surface area contributed by atoms with Gasteiger partial charge in [-0.15, -0.1) is 0 Å². The highest BCUT2D eigenvalue weighted by atomic mass is 16.2. The molecule has 1 aliphatic heterocycles. The van der Waals surface area contributed by atoms with Crippen LogP contribution in [0.25, 0.3) is 0 Å². The Morgan fingerprint density at radius 3 is 2.81 bits per heavy atom. The maximum Gasteiger partial charge on any atom is 0.254 e. The van der Waals surface area contributed by atoms with Crippen LogP contribution in [-0.2, 0) is 0 Å². The Morgan fingerprint density at radius 1 is 1.33 bits per heavy atom. The summed E-state index contributed by atoms with van der Waals surface area (Å²) >= 11 is 0. The quantitative estimate of drug-likeness (QED) is 0.924. The molecule has 2 aromatic rings. The number of amides is 1. The summed E-state index contributed by atoms with van der Waals surface area (Å²) < 4.78 is 0. The predicted molar refractivity (Wildman–Crippen MR) is 78.7 cm³/mol. The van der Waals surface area contributed by atoms with Gasteiger partial charge in [-0.05, 0) is 18.7 Å². The van der Waals surface area contributed by atoms with Crippen LogP contribution in [0.3, 0.4) is 0 Å². The zero-order chi connectivity index (χ0) is 14.7. The van der Waals surface area contributed by atoms with E-state index in [1.807, 2.05) is 11.1 Å². The lowest BCUT2D eigenvalue weighted by atomic mass is 10.1. The van der Waals surface area contributed by atoms with E-state index in [0.717, 1.165) is 25.5 Å². The molecule has 0 aromatic carbocycles. The number of rotatable bonds is 3. The first-order valence-corrected chi connectivity index (χ1v) is 7.22. The van der Waals surface area contributed by atoms with E-state index in [-0.39, 0.29) is 11.9 Å². The molecule has 0 saturated carbocycles. The Labute approximate surface area is 123 Å². The highest BCUT2D eigenvalue weighted by Gasteiger charge is 2.31. The van der Waals surface area contributed by atoms with Gasteiger partial charge in [-0.25, -0.2) is 4.98 Å². The molecule has 21 heavy (non-hydrogen) atoms. The number of imidazole rings is 1. The maximum atomic E-state index is 12.6. The average molecular weight is 285 g/mol. The van der Waals surface area contributed by atoms with Gasteiger partial charge >= 0.3 is 0 Å². The molecule has 2 aromatic heterocycles. The standard InChI is InChI=1S/C15H19N5O/c1-2-19-9-10-20(11-13(19)14-17-7-8-18-14)15(21)12-3-5-16-6-4-12/h3-8,13H,2,9-11H2,1H3,(H,17,18). The summed E-state index contributed by atoms with van der Waals surface area (Å²) in [7, 11) is 0. The number of aromatic amines is 1. The molecule has 0 bridgehead atoms. The molecule has 1 saturated heterocycles. The van der Waals surface area contributed by atoms with E-state index in [2.05, 4.69) is 26.8 Å². The normalized spacial score (nSPS) is 19.7. The summed E-state index contributed by atoms with van der Waals surface area (Å²) in [4.78, 5) is 28.3. The fourth-order valence-electron chi connectivity index (χ4n) is 2.78. The minimum atomic E-state index is 0.0599. The lowest BCUT2D eigenvalue weighted by Gasteiger charge is -2.40. The van der Waals surface area contributed by atoms with Crippen LogP contribution in [0.1, 0.15) is 29.1 Å². The van der Waals surface area contributed by atoms with E-state index in [0.29, 0.717) is 12.1 Å². The van der Waals surface area contributed by atoms with Crippen molar-refractivity contribution in [3.05, 3.63) is 48.3 Å². The van der Waals surface area contributed by atoms with Crippen molar-refractivity contribution in [3.63, 3.8) is 0 Å². The number of hydrogen-bond acceptors (Lipinski definition) is 4. The van der Waals surface area contributed by atoms with Gasteiger partial charge in [0.1, 0.15) is 5.82 Å². The van der Waals surface area contributed by atoms with Crippen LogP contribution >= 0.6 is 0 Å². The van der Waals surface area contributed by atoms with Crippen molar-refractivity contribution in [2.45, 2.75) is 13.0 Å². The number of hydrogen-bond donors (Lipinski definition) is 1. The molecule has 0 radical (unpaired) electrons. The molecule has 1 aliphatic rings. The van der Waals surface area contributed by atoms with Gasteiger partial charge in [0.2, 0.25) is 0 Å². The average Bonchev–Trinajstić information content (AvgIpc) is 3.08. The third kappa shape index (κ3) is 2.80. The largest absolute Gasteiger partial charge is 0.347 e. The summed E-state index contributed by atoms with van der Waals surface area (Å²) in [5, 5.41) is 0. The van der Waals surface area contributed by atoms with E-state index >= 15 is 0 Å². The lowest BCUT2D eigenvalue weighted by Crippen LogP contribution is -2.50. The van der Waals surface area contributed by atoms with Gasteiger partial charge in [-0.3, -0.25) is 14.7 Å². The fourth-order valence-corrected chi connectivity index (χ4v) is 2.78. The fraction of sp³-hybridized carbons (Fsp3) is 0.400. The minimum Gasteiger partial charge on any atom is -0.347 e. The second kappa shape index (κ2) is 6.05. The van der Waals surface area contributed by atoms with Crippen molar-refractivity contribution in [1.82, 2.24) is 24.8 Å². The summed E-state index contributed by atoms with van der Waals surface area (Å²) in [5.41, 5.74) is 0.688. The molecule has 1 unspecified atom stereocenters. The van der Waals surface area contributed by atoms with Gasteiger partial charge in [0.15, 0.2) is 0 Å². The Morgan fingerprint density at radius 2 is 2.14 bits per heavy atom. The zero-order valence-electron chi connectivity index (χ0n) is 12.1. The van der Waals surface area contributed by atoms with Gasteiger partial charge in [0.05, 0.1) is 6.04 Å². The lowest BCUT2D eigenvalue weighted by molar-refractivity contribution is 0.0480. The number of pyridine rings is 1. The molecule has 3 heterocycles. The first-order valence-electron chi connectivity index (χ1n) is 7.22. The van der Waals surface area contributed by atoms with E-state index in [1.165, 1.54) is 0 Å². The first-order chi connectivity index (χ1) is 10.3. The molecule has 1 fully saturated rings. The van der Waals surface area contributed by atoms with Crippen molar-refractivity contribution in [3.8, 4) is 0 Å². The van der Waals surface area contributed by atoms with Crippen LogP contribution < -0.4 is 0 Å². The molecular weight excluding hydrogens is 266 g/mol. The van der Waals surface area contributed by atoms with E-state index in [4.69, 9.17) is 0 Å². The van der Waals surface area contributed by atoms with Crippen molar-refractivity contribution < 1.29 is 4.79 Å². The first kappa shape index (κ1) is 13.8. The van der Waals surface area contributed by atoms with Crippen LogP contribution in [0.2, 0.25) is 0 Å². The summed E-state index contributed by atoms with van der Waals surface area (Å²) in [6.45, 7) is 5.34. The molecule has 1 atom stereocenters. The van der Waals surface area contributed by atoms with Gasteiger partial charge in [-0.2, -0.15) is 0 Å². The summed E-state index contributed by atoms with van der Waals surface area (Å²) in [5.74, 6) is 0.980. The van der Waals surface area contributed by atoms with Crippen LogP contribution in [0.15, 0.2) is 36.9 Å². The zero-order valence-corrected chi connectivity index (χ0v) is 12.1. The van der Waals surface area contributed by atoms with E-state index in [1.54, 1.807) is 30.7 Å². The number of carbonyl (C=O) groups excluding carboxylic acids is 1. The monoisotopic (exact) mass is 285 g/mol. The Balaban J connectivity index is 1.78. The molecule has 1 N–H and O–H groups in total. The molecule has 0 spiro atoms.